The van der Waals surface area contributed by atoms with Crippen LogP contribution in [0, 0.1) is 0 Å². The predicted molar refractivity (Wildman–Crippen MR) is 64.3 cm³/mol. The van der Waals surface area contributed by atoms with Crippen LogP contribution in [0.25, 0.3) is 0 Å². The summed E-state index contributed by atoms with van der Waals surface area (Å²) in [6.45, 7) is 0.612. The molecule has 3 heteroatoms. The smallest absolute Gasteiger partial charge is 0.215 e. The van der Waals surface area contributed by atoms with E-state index >= 15 is 0 Å². The Hall–Kier alpha value is -2.03. The summed E-state index contributed by atoms with van der Waals surface area (Å²) in [6, 6.07) is 13.7. The first-order valence-electron chi connectivity index (χ1n) is 5.23. The van der Waals surface area contributed by atoms with Crippen LogP contribution in [0.15, 0.2) is 48.7 Å². The molecule has 0 saturated carbocycles. The first kappa shape index (κ1) is 10.5. The standard InChI is InChI=1S/C13H14N2O/c14-12-6-8-15-13(10-12)16-9-7-11-4-2-1-3-5-11/h1-6,8,10H,7,9H2,(H2,14,15). The molecular weight excluding hydrogens is 200 g/mol. The van der Waals surface area contributed by atoms with Gasteiger partial charge in [-0.15, -0.1) is 0 Å². The Labute approximate surface area is 94.9 Å². The van der Waals surface area contributed by atoms with E-state index in [0.29, 0.717) is 18.2 Å². The summed E-state index contributed by atoms with van der Waals surface area (Å²) in [7, 11) is 0. The van der Waals surface area contributed by atoms with Gasteiger partial charge in [-0.2, -0.15) is 0 Å². The summed E-state index contributed by atoms with van der Waals surface area (Å²) in [5.74, 6) is 0.580. The minimum atomic E-state index is 0.580. The Morgan fingerprint density at radius 2 is 1.94 bits per heavy atom. The molecule has 0 atom stereocenters. The molecule has 0 fully saturated rings. The normalized spacial score (nSPS) is 10.0. The average Bonchev–Trinajstić information content (AvgIpc) is 2.30. The number of rotatable bonds is 4. The Morgan fingerprint density at radius 3 is 2.69 bits per heavy atom. The molecule has 16 heavy (non-hydrogen) atoms. The van der Waals surface area contributed by atoms with Crippen molar-refractivity contribution in [2.45, 2.75) is 6.42 Å². The molecule has 1 aromatic heterocycles. The fraction of sp³-hybridized carbons (Fsp3) is 0.154. The van der Waals surface area contributed by atoms with Gasteiger partial charge in [-0.25, -0.2) is 4.98 Å². The molecule has 1 aromatic carbocycles. The maximum Gasteiger partial charge on any atom is 0.215 e. The second-order valence-corrected chi connectivity index (χ2v) is 3.51. The zero-order valence-corrected chi connectivity index (χ0v) is 8.97. The zero-order valence-electron chi connectivity index (χ0n) is 8.97. The monoisotopic (exact) mass is 214 g/mol. The highest BCUT2D eigenvalue weighted by Gasteiger charge is 1.96. The molecule has 0 amide bonds. The summed E-state index contributed by atoms with van der Waals surface area (Å²) in [4.78, 5) is 4.07. The number of nitrogens with zero attached hydrogens (tertiary/aromatic N) is 1. The molecule has 0 bridgehead atoms. The fourth-order valence-corrected chi connectivity index (χ4v) is 1.42. The third-order valence-corrected chi connectivity index (χ3v) is 2.24. The molecule has 2 rings (SSSR count). The Balaban J connectivity index is 1.85. The van der Waals surface area contributed by atoms with Gasteiger partial charge in [0, 0.05) is 24.4 Å². The summed E-state index contributed by atoms with van der Waals surface area (Å²) in [5.41, 5.74) is 7.55. The van der Waals surface area contributed by atoms with Crippen molar-refractivity contribution in [3.8, 4) is 5.88 Å². The fourth-order valence-electron chi connectivity index (χ4n) is 1.42. The maximum absolute atomic E-state index is 5.62. The summed E-state index contributed by atoms with van der Waals surface area (Å²) >= 11 is 0. The molecule has 82 valence electrons. The molecule has 0 spiro atoms. The second-order valence-electron chi connectivity index (χ2n) is 3.51. The summed E-state index contributed by atoms with van der Waals surface area (Å²) < 4.78 is 5.50. The van der Waals surface area contributed by atoms with Crippen LogP contribution in [-0.4, -0.2) is 11.6 Å². The molecule has 2 aromatic rings. The average molecular weight is 214 g/mol. The Bertz CT molecular complexity index is 443. The number of nitrogen functional groups attached to an aromatic ring is 1. The van der Waals surface area contributed by atoms with Crippen LogP contribution in [0.5, 0.6) is 5.88 Å². The van der Waals surface area contributed by atoms with Crippen LogP contribution < -0.4 is 10.5 Å². The van der Waals surface area contributed by atoms with E-state index in [-0.39, 0.29) is 0 Å². The van der Waals surface area contributed by atoms with Crippen molar-refractivity contribution in [1.82, 2.24) is 4.98 Å². The summed E-state index contributed by atoms with van der Waals surface area (Å²) in [6.07, 6.45) is 2.52. The van der Waals surface area contributed by atoms with Gasteiger partial charge in [0.1, 0.15) is 0 Å². The third-order valence-electron chi connectivity index (χ3n) is 2.24. The van der Waals surface area contributed by atoms with E-state index in [0.717, 1.165) is 6.42 Å². The minimum absolute atomic E-state index is 0.580. The molecular formula is C13H14N2O. The van der Waals surface area contributed by atoms with Gasteiger partial charge < -0.3 is 10.5 Å². The lowest BCUT2D eigenvalue weighted by atomic mass is 10.2. The Kier molecular flexibility index (Phi) is 3.38. The molecule has 0 aliphatic carbocycles. The highest BCUT2D eigenvalue weighted by atomic mass is 16.5. The van der Waals surface area contributed by atoms with E-state index in [1.807, 2.05) is 18.2 Å². The predicted octanol–water partition coefficient (Wildman–Crippen LogP) is 2.29. The zero-order chi connectivity index (χ0) is 11.2. The van der Waals surface area contributed by atoms with Crippen LogP contribution in [0.2, 0.25) is 0 Å². The Morgan fingerprint density at radius 1 is 1.12 bits per heavy atom. The van der Waals surface area contributed by atoms with Crippen LogP contribution in [0.3, 0.4) is 0 Å². The molecule has 2 N–H and O–H groups in total. The molecule has 0 saturated heterocycles. The highest BCUT2D eigenvalue weighted by molar-refractivity contribution is 5.39. The number of ether oxygens (including phenoxy) is 1. The van der Waals surface area contributed by atoms with Crippen molar-refractivity contribution in [2.24, 2.45) is 0 Å². The van der Waals surface area contributed by atoms with Gasteiger partial charge in [-0.05, 0) is 11.6 Å². The number of hydrogen-bond acceptors (Lipinski definition) is 3. The number of benzene rings is 1. The van der Waals surface area contributed by atoms with E-state index in [2.05, 4.69) is 17.1 Å². The molecule has 3 nitrogen and oxygen atoms in total. The van der Waals surface area contributed by atoms with E-state index in [4.69, 9.17) is 10.5 Å². The first-order chi connectivity index (χ1) is 7.84. The molecule has 0 aliphatic heterocycles. The quantitative estimate of drug-likeness (QED) is 0.849. The largest absolute Gasteiger partial charge is 0.477 e. The molecule has 1 heterocycles. The van der Waals surface area contributed by atoms with Crippen LogP contribution >= 0.6 is 0 Å². The van der Waals surface area contributed by atoms with E-state index in [1.54, 1.807) is 18.3 Å². The van der Waals surface area contributed by atoms with Gasteiger partial charge in [0.2, 0.25) is 5.88 Å². The van der Waals surface area contributed by atoms with Crippen molar-refractivity contribution in [2.75, 3.05) is 12.3 Å². The van der Waals surface area contributed by atoms with E-state index in [1.165, 1.54) is 5.56 Å². The van der Waals surface area contributed by atoms with E-state index < -0.39 is 0 Å². The van der Waals surface area contributed by atoms with Crippen LogP contribution in [-0.2, 0) is 6.42 Å². The summed E-state index contributed by atoms with van der Waals surface area (Å²) in [5, 5.41) is 0. The lowest BCUT2D eigenvalue weighted by Crippen LogP contribution is -2.02. The first-order valence-corrected chi connectivity index (χ1v) is 5.23. The molecule has 0 aliphatic rings. The van der Waals surface area contributed by atoms with Gasteiger partial charge in [0.05, 0.1) is 6.61 Å². The number of pyridine rings is 1. The lowest BCUT2D eigenvalue weighted by molar-refractivity contribution is 0.310. The van der Waals surface area contributed by atoms with Gasteiger partial charge in [0.15, 0.2) is 0 Å². The van der Waals surface area contributed by atoms with Crippen molar-refractivity contribution in [3.05, 3.63) is 54.2 Å². The van der Waals surface area contributed by atoms with Gasteiger partial charge in [-0.1, -0.05) is 30.3 Å². The topological polar surface area (TPSA) is 48.1 Å². The van der Waals surface area contributed by atoms with Crippen molar-refractivity contribution in [3.63, 3.8) is 0 Å². The van der Waals surface area contributed by atoms with Gasteiger partial charge in [-0.3, -0.25) is 0 Å². The molecule has 0 radical (unpaired) electrons. The van der Waals surface area contributed by atoms with Gasteiger partial charge >= 0.3 is 0 Å². The number of aromatic nitrogens is 1. The van der Waals surface area contributed by atoms with E-state index in [9.17, 15) is 0 Å². The van der Waals surface area contributed by atoms with Crippen molar-refractivity contribution < 1.29 is 4.74 Å². The van der Waals surface area contributed by atoms with Crippen LogP contribution in [0.1, 0.15) is 5.56 Å². The number of nitrogens with two attached hydrogens (primary N) is 1. The number of hydrogen-bond donors (Lipinski definition) is 1. The number of anilines is 1. The van der Waals surface area contributed by atoms with Crippen molar-refractivity contribution in [1.29, 1.82) is 0 Å². The van der Waals surface area contributed by atoms with Crippen LogP contribution in [0.4, 0.5) is 5.69 Å². The molecule has 0 unspecified atom stereocenters. The lowest BCUT2D eigenvalue weighted by Gasteiger charge is -2.05. The second kappa shape index (κ2) is 5.16. The highest BCUT2D eigenvalue weighted by Crippen LogP contribution is 2.10. The minimum Gasteiger partial charge on any atom is -0.477 e. The van der Waals surface area contributed by atoms with Gasteiger partial charge in [0.25, 0.3) is 0 Å². The van der Waals surface area contributed by atoms with Crippen molar-refractivity contribution >= 4 is 5.69 Å². The SMILES string of the molecule is Nc1ccnc(OCCc2ccccc2)c1. The maximum atomic E-state index is 5.62. The third kappa shape index (κ3) is 2.98.